The second-order valence-corrected chi connectivity index (χ2v) is 22.0. The van der Waals surface area contributed by atoms with Crippen LogP contribution in [0.1, 0.15) is 94.8 Å². The molecule has 420 valence electrons. The predicted octanol–water partition coefficient (Wildman–Crippen LogP) is 4.89. The van der Waals surface area contributed by atoms with E-state index in [0.717, 1.165) is 73.4 Å². The van der Waals surface area contributed by atoms with Crippen molar-refractivity contribution in [2.24, 2.45) is 21.7 Å². The number of aryl methyl sites for hydroxylation is 4. The molecule has 2 fully saturated rings. The molecule has 2 aliphatic heterocycles. The highest BCUT2D eigenvalue weighted by Gasteiger charge is 2.52. The van der Waals surface area contributed by atoms with Gasteiger partial charge in [-0.2, -0.15) is 10.2 Å². The standard InChI is InChI=1S/C29H37N7O3.C26H33N7O5S2/c1-2-10-24(20-32-35-29(30)39)33-26(37)21-36(18-17-23-13-7-4-8-14-23)28(38)27-31-19-25(34-27)16-9-15-22-11-5-3-6-12-22;1-38-21(34)12-19(15-29-32-25(27)37)31-23(35)20-13-26(39-10-11-40-26)16-33(20)24(36)22-28-14-18(30-22)9-5-8-17-6-3-2-4-7-17/h3-8,11-14,19-20,24H,2,9-10,15-18,21H2,1H3,(H,31,34)(H,33,37)(H3,30,35,39);2-4,6-7,14-15,19-20H,5,8-13,16H2,1H3,(H,28,30)(H,31,35)(H3,27,32,37)/b32-20-;29-15-/t24-;19-,20-/m00/s1. The average Bonchev–Trinajstić information content (AvgIpc) is 4.39. The van der Waals surface area contributed by atoms with Crippen molar-refractivity contribution >= 4 is 77.6 Å². The van der Waals surface area contributed by atoms with Gasteiger partial charge in [0.25, 0.3) is 11.8 Å². The van der Waals surface area contributed by atoms with E-state index in [2.05, 4.69) is 70.5 Å². The van der Waals surface area contributed by atoms with Gasteiger partial charge in [-0.15, -0.1) is 23.5 Å². The highest BCUT2D eigenvalue weighted by atomic mass is 32.2. The minimum absolute atomic E-state index is 0.146. The van der Waals surface area contributed by atoms with Crippen molar-refractivity contribution in [3.05, 3.63) is 143 Å². The van der Waals surface area contributed by atoms with Gasteiger partial charge in [-0.05, 0) is 68.1 Å². The number of methoxy groups -OCH3 is 1. The van der Waals surface area contributed by atoms with E-state index >= 15 is 0 Å². The molecule has 0 radical (unpaired) electrons. The number of benzene rings is 3. The summed E-state index contributed by atoms with van der Waals surface area (Å²) in [5.74, 6) is 0.220. The number of esters is 1. The molecule has 2 saturated heterocycles. The molecule has 3 aromatic carbocycles. The van der Waals surface area contributed by atoms with Crippen molar-refractivity contribution in [3.8, 4) is 0 Å². The van der Waals surface area contributed by atoms with E-state index in [1.54, 1.807) is 40.8 Å². The van der Waals surface area contributed by atoms with Gasteiger partial charge < -0.3 is 46.6 Å². The van der Waals surface area contributed by atoms with E-state index in [9.17, 15) is 33.6 Å². The number of hydrazone groups is 2. The normalized spacial score (nSPS) is 15.2. The smallest absolute Gasteiger partial charge is 0.332 e. The van der Waals surface area contributed by atoms with E-state index in [1.165, 1.54) is 35.6 Å². The molecule has 1 spiro atoms. The Hall–Kier alpha value is -7.99. The Balaban J connectivity index is 0.000000255. The maximum Gasteiger partial charge on any atom is 0.332 e. The second kappa shape index (κ2) is 31.4. The van der Waals surface area contributed by atoms with Crippen LogP contribution in [0.15, 0.2) is 114 Å². The molecule has 5 aromatic rings. The second-order valence-electron chi connectivity index (χ2n) is 18.8. The monoisotopic (exact) mass is 1120 g/mol. The van der Waals surface area contributed by atoms with Crippen LogP contribution in [-0.4, -0.2) is 144 Å². The summed E-state index contributed by atoms with van der Waals surface area (Å²) in [4.78, 5) is 105. The van der Waals surface area contributed by atoms with Gasteiger partial charge in [0.1, 0.15) is 6.04 Å². The summed E-state index contributed by atoms with van der Waals surface area (Å²) < 4.78 is 4.43. The lowest BCUT2D eigenvalue weighted by molar-refractivity contribution is -0.141. The first kappa shape index (κ1) is 60.2. The van der Waals surface area contributed by atoms with Gasteiger partial charge in [0.15, 0.2) is 11.6 Å². The van der Waals surface area contributed by atoms with E-state index in [1.807, 2.05) is 79.1 Å². The number of aromatic nitrogens is 4. The third-order valence-corrected chi connectivity index (χ3v) is 16.1. The number of thioether (sulfide) groups is 2. The van der Waals surface area contributed by atoms with Crippen LogP contribution in [0.2, 0.25) is 0 Å². The average molecular weight is 1120 g/mol. The van der Waals surface area contributed by atoms with Crippen LogP contribution >= 0.6 is 23.5 Å². The summed E-state index contributed by atoms with van der Waals surface area (Å²) in [6, 6.07) is 26.5. The lowest BCUT2D eigenvalue weighted by Crippen LogP contribution is -2.50. The van der Waals surface area contributed by atoms with Crippen molar-refractivity contribution in [2.75, 3.05) is 38.2 Å². The number of nitrogens with two attached hydrogens (primary N) is 2. The summed E-state index contributed by atoms with van der Waals surface area (Å²) in [5, 5.41) is 13.1. The number of nitrogens with zero attached hydrogens (tertiary/aromatic N) is 6. The minimum atomic E-state index is -0.887. The van der Waals surface area contributed by atoms with Crippen molar-refractivity contribution in [2.45, 2.75) is 99.8 Å². The number of imidazole rings is 2. The largest absolute Gasteiger partial charge is 0.469 e. The van der Waals surface area contributed by atoms with Crippen LogP contribution in [-0.2, 0) is 51.2 Å². The van der Waals surface area contributed by atoms with Gasteiger partial charge >= 0.3 is 18.0 Å². The van der Waals surface area contributed by atoms with Crippen molar-refractivity contribution in [1.82, 2.24) is 51.2 Å². The minimum Gasteiger partial charge on any atom is -0.469 e. The fourth-order valence-corrected chi connectivity index (χ4v) is 12.1. The highest BCUT2D eigenvalue weighted by molar-refractivity contribution is 8.21. The zero-order valence-electron chi connectivity index (χ0n) is 44.4. The first-order chi connectivity index (χ1) is 38.2. The number of likely N-dealkylation sites (tertiary alicyclic amines) is 1. The van der Waals surface area contributed by atoms with Crippen LogP contribution in [0.25, 0.3) is 0 Å². The fourth-order valence-electron chi connectivity index (χ4n) is 8.87. The van der Waals surface area contributed by atoms with Crippen LogP contribution in [0.3, 0.4) is 0 Å². The molecular weight excluding hydrogens is 1050 g/mol. The number of hydrogen-bond donors (Lipinski definition) is 8. The van der Waals surface area contributed by atoms with Crippen LogP contribution in [0.4, 0.5) is 9.59 Å². The molecule has 24 heteroatoms. The molecule has 2 aromatic heterocycles. The van der Waals surface area contributed by atoms with Crippen molar-refractivity contribution < 1.29 is 38.3 Å². The summed E-state index contributed by atoms with van der Waals surface area (Å²) in [6.45, 7) is 2.56. The van der Waals surface area contributed by atoms with E-state index < -0.39 is 42.1 Å². The number of H-pyrrole nitrogens is 2. The molecule has 0 aliphatic carbocycles. The molecule has 22 nitrogen and oxygen atoms in total. The highest BCUT2D eigenvalue weighted by Crippen LogP contribution is 2.52. The molecule has 0 unspecified atom stereocenters. The topological polar surface area (TPSA) is 317 Å². The van der Waals surface area contributed by atoms with E-state index in [-0.39, 0.29) is 46.4 Å². The van der Waals surface area contributed by atoms with Crippen LogP contribution < -0.4 is 33.0 Å². The molecule has 7 rings (SSSR count). The summed E-state index contributed by atoms with van der Waals surface area (Å²) >= 11 is 3.50. The number of hydrogen-bond acceptors (Lipinski definition) is 14. The zero-order valence-corrected chi connectivity index (χ0v) is 46.1. The SMILES string of the molecule is CCC[C@@H](/C=N\NC(N)=O)NC(=O)CN(CCc1ccccc1)C(=O)c1ncc(CCCc2ccccc2)[nH]1.COC(=O)C[C@@H](/C=N\NC(N)=O)NC(=O)[C@@H]1CC2(CN1C(=O)c1ncc(CCCc3ccccc3)[nH]1)SCCS2. The van der Waals surface area contributed by atoms with Gasteiger partial charge in [-0.3, -0.25) is 24.0 Å². The number of urea groups is 2. The maximum absolute atomic E-state index is 13.6. The number of ether oxygens (including phenoxy) is 1. The number of carbonyl (C=O) groups is 7. The fraction of sp³-hybridized carbons (Fsp3) is 0.400. The summed E-state index contributed by atoms with van der Waals surface area (Å²) in [7, 11) is 1.23. The van der Waals surface area contributed by atoms with Crippen molar-refractivity contribution in [3.63, 3.8) is 0 Å². The Bertz CT molecular complexity index is 2830. The van der Waals surface area contributed by atoms with Gasteiger partial charge in [-0.1, -0.05) is 104 Å². The van der Waals surface area contributed by atoms with Gasteiger partial charge in [0, 0.05) is 67.2 Å². The van der Waals surface area contributed by atoms with E-state index in [0.29, 0.717) is 32.4 Å². The molecule has 79 heavy (non-hydrogen) atoms. The molecule has 0 saturated carbocycles. The number of amides is 8. The number of nitrogens with one attached hydrogen (secondary N) is 6. The molecule has 0 bridgehead atoms. The van der Waals surface area contributed by atoms with Crippen molar-refractivity contribution in [1.29, 1.82) is 0 Å². The Morgan fingerprint density at radius 1 is 0.747 bits per heavy atom. The van der Waals surface area contributed by atoms with E-state index in [4.69, 9.17) is 16.2 Å². The first-order valence-corrected chi connectivity index (χ1v) is 28.1. The molecule has 2 aliphatic rings. The zero-order chi connectivity index (χ0) is 56.4. The molecular formula is C55H70N14O8S2. The molecule has 4 heterocycles. The van der Waals surface area contributed by atoms with Gasteiger partial charge in [-0.25, -0.2) is 30.4 Å². The Kier molecular flexibility index (Phi) is 24.0. The number of carbonyl (C=O) groups excluding carboxylic acids is 7. The Labute approximate surface area is 467 Å². The van der Waals surface area contributed by atoms with Crippen LogP contribution in [0.5, 0.6) is 0 Å². The predicted molar refractivity (Wildman–Crippen MR) is 305 cm³/mol. The quantitative estimate of drug-likeness (QED) is 0.0209. The Morgan fingerprint density at radius 2 is 1.27 bits per heavy atom. The third-order valence-electron chi connectivity index (χ3n) is 12.7. The van der Waals surface area contributed by atoms with Gasteiger partial charge in [0.05, 0.1) is 36.2 Å². The molecule has 3 atom stereocenters. The lowest BCUT2D eigenvalue weighted by atomic mass is 10.1. The first-order valence-electron chi connectivity index (χ1n) is 26.1. The summed E-state index contributed by atoms with van der Waals surface area (Å²) in [6.07, 6.45) is 13.4. The number of rotatable bonds is 26. The lowest BCUT2D eigenvalue weighted by Gasteiger charge is -2.24. The maximum atomic E-state index is 13.6. The summed E-state index contributed by atoms with van der Waals surface area (Å²) in [5.41, 5.74) is 19.6. The molecule has 8 amide bonds. The molecule has 10 N–H and O–H groups in total. The van der Waals surface area contributed by atoms with Gasteiger partial charge in [0.2, 0.25) is 11.8 Å². The Morgan fingerprint density at radius 3 is 1.80 bits per heavy atom. The van der Waals surface area contributed by atoms with Crippen LogP contribution in [0, 0.1) is 0 Å². The third kappa shape index (κ3) is 20.1. The number of primary amides is 2. The number of aromatic amines is 2.